The van der Waals surface area contributed by atoms with Gasteiger partial charge in [0.05, 0.1) is 13.0 Å². The predicted octanol–water partition coefficient (Wildman–Crippen LogP) is 1.69. The molecule has 0 unspecified atom stereocenters. The predicted molar refractivity (Wildman–Crippen MR) is 69.0 cm³/mol. The van der Waals surface area contributed by atoms with Crippen LogP contribution < -0.4 is 0 Å². The van der Waals surface area contributed by atoms with Gasteiger partial charge in [0.1, 0.15) is 0 Å². The van der Waals surface area contributed by atoms with Gasteiger partial charge in [0.15, 0.2) is 0 Å². The maximum absolute atomic E-state index is 11.9. The summed E-state index contributed by atoms with van der Waals surface area (Å²) in [6.45, 7) is 7.12. The quantitative estimate of drug-likeness (QED) is 0.843. The Morgan fingerprint density at radius 1 is 1.29 bits per heavy atom. The molecule has 1 aromatic carbocycles. The van der Waals surface area contributed by atoms with Gasteiger partial charge in [-0.15, -0.1) is 0 Å². The van der Waals surface area contributed by atoms with Crippen LogP contribution >= 0.6 is 0 Å². The summed E-state index contributed by atoms with van der Waals surface area (Å²) in [6.07, 6.45) is 0.412. The summed E-state index contributed by atoms with van der Waals surface area (Å²) in [7, 11) is 0. The lowest BCUT2D eigenvalue weighted by atomic mass is 10.0. The Kier molecular flexibility index (Phi) is 5.16. The first kappa shape index (κ1) is 13.7. The van der Waals surface area contributed by atoms with Crippen LogP contribution in [-0.2, 0) is 11.2 Å². The number of aliphatic hydroxyl groups excluding tert-OH is 1. The molecule has 0 radical (unpaired) electrons. The second kappa shape index (κ2) is 6.40. The number of rotatable bonds is 5. The van der Waals surface area contributed by atoms with E-state index in [-0.39, 0.29) is 12.5 Å². The van der Waals surface area contributed by atoms with Crippen molar-refractivity contribution in [2.45, 2.75) is 27.2 Å². The Labute approximate surface area is 103 Å². The number of carbonyl (C=O) groups is 1. The molecule has 0 saturated carbocycles. The zero-order valence-corrected chi connectivity index (χ0v) is 10.9. The van der Waals surface area contributed by atoms with Crippen molar-refractivity contribution < 1.29 is 9.90 Å². The van der Waals surface area contributed by atoms with Crippen LogP contribution in [-0.4, -0.2) is 35.6 Å². The summed E-state index contributed by atoms with van der Waals surface area (Å²) >= 11 is 0. The Bertz CT molecular complexity index is 388. The normalized spacial score (nSPS) is 10.4. The minimum absolute atomic E-state index is 0.0203. The van der Waals surface area contributed by atoms with Crippen molar-refractivity contribution in [3.63, 3.8) is 0 Å². The molecule has 0 spiro atoms. The van der Waals surface area contributed by atoms with E-state index in [0.717, 1.165) is 5.56 Å². The molecule has 0 fully saturated rings. The third kappa shape index (κ3) is 3.86. The fourth-order valence-electron chi connectivity index (χ4n) is 1.78. The number of nitrogens with zero attached hydrogens (tertiary/aromatic N) is 1. The molecule has 0 atom stereocenters. The molecule has 0 aliphatic rings. The van der Waals surface area contributed by atoms with Crippen LogP contribution in [0.1, 0.15) is 23.6 Å². The van der Waals surface area contributed by atoms with Crippen molar-refractivity contribution >= 4 is 5.91 Å². The summed E-state index contributed by atoms with van der Waals surface area (Å²) in [5.41, 5.74) is 3.49. The van der Waals surface area contributed by atoms with E-state index in [2.05, 4.69) is 19.9 Å². The molecule has 1 aromatic rings. The van der Waals surface area contributed by atoms with E-state index in [1.807, 2.05) is 19.1 Å². The molecule has 0 heterocycles. The third-order valence-corrected chi connectivity index (χ3v) is 3.03. The van der Waals surface area contributed by atoms with Gasteiger partial charge in [-0.2, -0.15) is 0 Å². The SMILES string of the molecule is CCN(CCO)C(=O)Cc1ccc(C)c(C)c1. The zero-order valence-electron chi connectivity index (χ0n) is 10.9. The fraction of sp³-hybridized carbons (Fsp3) is 0.500. The van der Waals surface area contributed by atoms with Crippen LogP contribution in [0.4, 0.5) is 0 Å². The molecule has 1 N–H and O–H groups in total. The second-order valence-corrected chi connectivity index (χ2v) is 4.29. The number of likely N-dealkylation sites (N-methyl/N-ethyl adjacent to an activating group) is 1. The molecule has 0 bridgehead atoms. The number of aliphatic hydroxyl groups is 1. The topological polar surface area (TPSA) is 40.5 Å². The van der Waals surface area contributed by atoms with Gasteiger partial charge in [-0.05, 0) is 37.5 Å². The van der Waals surface area contributed by atoms with Crippen LogP contribution in [0.15, 0.2) is 18.2 Å². The Morgan fingerprint density at radius 2 is 2.00 bits per heavy atom. The number of hydrogen-bond acceptors (Lipinski definition) is 2. The standard InChI is InChI=1S/C14H21NO2/c1-4-15(7-8-16)14(17)10-13-6-5-11(2)12(3)9-13/h5-6,9,16H,4,7-8,10H2,1-3H3. The molecular weight excluding hydrogens is 214 g/mol. The Morgan fingerprint density at radius 3 is 2.53 bits per heavy atom. The van der Waals surface area contributed by atoms with Gasteiger partial charge < -0.3 is 10.0 Å². The first-order valence-electron chi connectivity index (χ1n) is 6.03. The average molecular weight is 235 g/mol. The van der Waals surface area contributed by atoms with Crippen molar-refractivity contribution in [1.82, 2.24) is 4.90 Å². The summed E-state index contributed by atoms with van der Waals surface area (Å²) < 4.78 is 0. The highest BCUT2D eigenvalue weighted by atomic mass is 16.3. The smallest absolute Gasteiger partial charge is 0.227 e. The van der Waals surface area contributed by atoms with Crippen LogP contribution in [0, 0.1) is 13.8 Å². The van der Waals surface area contributed by atoms with Crippen LogP contribution in [0.25, 0.3) is 0 Å². The summed E-state index contributed by atoms with van der Waals surface area (Å²) in [4.78, 5) is 13.6. The number of benzene rings is 1. The second-order valence-electron chi connectivity index (χ2n) is 4.29. The van der Waals surface area contributed by atoms with Crippen LogP contribution in [0.2, 0.25) is 0 Å². The van der Waals surface area contributed by atoms with E-state index < -0.39 is 0 Å². The van der Waals surface area contributed by atoms with Crippen molar-refractivity contribution in [3.8, 4) is 0 Å². The molecular formula is C14H21NO2. The van der Waals surface area contributed by atoms with Gasteiger partial charge in [-0.25, -0.2) is 0 Å². The minimum atomic E-state index is 0.0203. The Hall–Kier alpha value is -1.35. The Balaban J connectivity index is 2.69. The lowest BCUT2D eigenvalue weighted by Gasteiger charge is -2.19. The van der Waals surface area contributed by atoms with E-state index in [1.165, 1.54) is 11.1 Å². The molecule has 3 nitrogen and oxygen atoms in total. The third-order valence-electron chi connectivity index (χ3n) is 3.03. The summed E-state index contributed by atoms with van der Waals surface area (Å²) in [5, 5.41) is 8.87. The molecule has 1 amide bonds. The van der Waals surface area contributed by atoms with Gasteiger partial charge in [0, 0.05) is 13.1 Å². The maximum atomic E-state index is 11.9. The minimum Gasteiger partial charge on any atom is -0.395 e. The first-order chi connectivity index (χ1) is 8.08. The monoisotopic (exact) mass is 235 g/mol. The van der Waals surface area contributed by atoms with E-state index in [4.69, 9.17) is 5.11 Å². The number of hydrogen-bond donors (Lipinski definition) is 1. The van der Waals surface area contributed by atoms with Gasteiger partial charge in [-0.3, -0.25) is 4.79 Å². The molecule has 94 valence electrons. The fourth-order valence-corrected chi connectivity index (χ4v) is 1.78. The first-order valence-corrected chi connectivity index (χ1v) is 6.03. The lowest BCUT2D eigenvalue weighted by Crippen LogP contribution is -2.34. The van der Waals surface area contributed by atoms with Gasteiger partial charge in [-0.1, -0.05) is 18.2 Å². The van der Waals surface area contributed by atoms with E-state index in [1.54, 1.807) is 4.90 Å². The number of amides is 1. The van der Waals surface area contributed by atoms with Crippen molar-refractivity contribution in [2.24, 2.45) is 0 Å². The van der Waals surface area contributed by atoms with E-state index >= 15 is 0 Å². The number of aryl methyl sites for hydroxylation is 2. The van der Waals surface area contributed by atoms with Gasteiger partial charge in [0.25, 0.3) is 0 Å². The van der Waals surface area contributed by atoms with Crippen molar-refractivity contribution in [2.75, 3.05) is 19.7 Å². The molecule has 1 rings (SSSR count). The van der Waals surface area contributed by atoms with Gasteiger partial charge >= 0.3 is 0 Å². The largest absolute Gasteiger partial charge is 0.395 e. The highest BCUT2D eigenvalue weighted by Crippen LogP contribution is 2.11. The summed E-state index contributed by atoms with van der Waals surface area (Å²) in [5.74, 6) is 0.0739. The maximum Gasteiger partial charge on any atom is 0.227 e. The van der Waals surface area contributed by atoms with Crippen molar-refractivity contribution in [1.29, 1.82) is 0 Å². The molecule has 0 saturated heterocycles. The molecule has 3 heteroatoms. The molecule has 0 aliphatic heterocycles. The molecule has 17 heavy (non-hydrogen) atoms. The molecule has 0 aromatic heterocycles. The van der Waals surface area contributed by atoms with E-state index in [0.29, 0.717) is 19.5 Å². The zero-order chi connectivity index (χ0) is 12.8. The van der Waals surface area contributed by atoms with Crippen LogP contribution in [0.3, 0.4) is 0 Å². The molecule has 0 aliphatic carbocycles. The van der Waals surface area contributed by atoms with Crippen molar-refractivity contribution in [3.05, 3.63) is 34.9 Å². The highest BCUT2D eigenvalue weighted by Gasteiger charge is 2.11. The highest BCUT2D eigenvalue weighted by molar-refractivity contribution is 5.78. The summed E-state index contributed by atoms with van der Waals surface area (Å²) in [6, 6.07) is 6.09. The lowest BCUT2D eigenvalue weighted by molar-refractivity contribution is -0.130. The average Bonchev–Trinajstić information content (AvgIpc) is 2.30. The van der Waals surface area contributed by atoms with Gasteiger partial charge in [0.2, 0.25) is 5.91 Å². The number of carbonyl (C=O) groups excluding carboxylic acids is 1. The van der Waals surface area contributed by atoms with Crippen LogP contribution in [0.5, 0.6) is 0 Å². The van der Waals surface area contributed by atoms with E-state index in [9.17, 15) is 4.79 Å².